The molecule has 0 aliphatic carbocycles. The van der Waals surface area contributed by atoms with Gasteiger partial charge >= 0.3 is 0 Å². The summed E-state index contributed by atoms with van der Waals surface area (Å²) in [6.07, 6.45) is 1.01. The first kappa shape index (κ1) is 23.5. The van der Waals surface area contributed by atoms with Crippen molar-refractivity contribution in [1.82, 2.24) is 9.97 Å². The Balaban J connectivity index is 1.48. The van der Waals surface area contributed by atoms with Crippen molar-refractivity contribution in [2.24, 2.45) is 0 Å². The van der Waals surface area contributed by atoms with E-state index in [9.17, 15) is 9.59 Å². The first-order valence-electron chi connectivity index (χ1n) is 11.2. The molecule has 4 aromatic rings. The Hall–Kier alpha value is -4.24. The summed E-state index contributed by atoms with van der Waals surface area (Å²) < 4.78 is 16.4. The minimum Gasteiger partial charge on any atom is -0.497 e. The maximum atomic E-state index is 13.3. The van der Waals surface area contributed by atoms with Crippen molar-refractivity contribution in [2.75, 3.05) is 25.7 Å². The third-order valence-corrected chi connectivity index (χ3v) is 6.73. The molecule has 1 aliphatic heterocycles. The molecule has 0 saturated carbocycles. The first-order chi connectivity index (χ1) is 17.5. The van der Waals surface area contributed by atoms with Crippen molar-refractivity contribution in [3.05, 3.63) is 71.7 Å². The quantitative estimate of drug-likeness (QED) is 0.333. The van der Waals surface area contributed by atoms with E-state index in [1.807, 2.05) is 35.7 Å². The summed E-state index contributed by atoms with van der Waals surface area (Å²) in [5, 5.41) is 2.74. The third-order valence-electron chi connectivity index (χ3n) is 5.86. The van der Waals surface area contributed by atoms with Crippen LogP contribution in [0.1, 0.15) is 17.3 Å². The minimum absolute atomic E-state index is 0.165. The smallest absolute Gasteiger partial charge is 0.268 e. The molecular weight excluding hydrogens is 478 g/mol. The molecule has 36 heavy (non-hydrogen) atoms. The van der Waals surface area contributed by atoms with Crippen molar-refractivity contribution in [3.8, 4) is 39.2 Å². The molecule has 0 fully saturated rings. The van der Waals surface area contributed by atoms with Gasteiger partial charge in [0.05, 0.1) is 43.4 Å². The maximum absolute atomic E-state index is 13.3. The van der Waals surface area contributed by atoms with E-state index in [2.05, 4.69) is 4.98 Å². The van der Waals surface area contributed by atoms with Crippen molar-refractivity contribution >= 4 is 28.7 Å². The lowest BCUT2D eigenvalue weighted by Gasteiger charge is -2.33. The molecule has 3 heterocycles. The second-order valence-electron chi connectivity index (χ2n) is 8.11. The Labute approximate surface area is 212 Å². The number of anilines is 1. The largest absolute Gasteiger partial charge is 0.497 e. The Kier molecular flexibility index (Phi) is 6.39. The molecule has 8 nitrogen and oxygen atoms in total. The molecule has 0 bridgehead atoms. The second-order valence-corrected chi connectivity index (χ2v) is 8.97. The van der Waals surface area contributed by atoms with E-state index in [1.54, 1.807) is 44.5 Å². The van der Waals surface area contributed by atoms with Crippen LogP contribution in [0.4, 0.5) is 5.69 Å². The Morgan fingerprint density at radius 2 is 1.94 bits per heavy atom. The topological polar surface area (TPSA) is 90.9 Å². The lowest BCUT2D eigenvalue weighted by molar-refractivity contribution is -0.125. The van der Waals surface area contributed by atoms with Crippen LogP contribution in [-0.4, -0.2) is 48.5 Å². The zero-order chi connectivity index (χ0) is 25.2. The average Bonchev–Trinajstić information content (AvgIpc) is 3.41. The molecule has 0 spiro atoms. The van der Waals surface area contributed by atoms with Crippen LogP contribution in [-0.2, 0) is 4.79 Å². The van der Waals surface area contributed by atoms with E-state index in [0.29, 0.717) is 28.5 Å². The fourth-order valence-corrected chi connectivity index (χ4v) is 4.80. The molecule has 9 heteroatoms. The van der Waals surface area contributed by atoms with Crippen LogP contribution in [0.25, 0.3) is 22.0 Å². The molecule has 182 valence electrons. The number of hydrogen-bond acceptors (Lipinski definition) is 8. The highest BCUT2D eigenvalue weighted by Crippen LogP contribution is 2.39. The van der Waals surface area contributed by atoms with Gasteiger partial charge in [-0.2, -0.15) is 0 Å². The third kappa shape index (κ3) is 4.40. The van der Waals surface area contributed by atoms with E-state index in [4.69, 9.17) is 19.2 Å². The predicted molar refractivity (Wildman–Crippen MR) is 137 cm³/mol. The predicted octanol–water partition coefficient (Wildman–Crippen LogP) is 4.89. The Morgan fingerprint density at radius 3 is 2.69 bits per heavy atom. The Bertz CT molecular complexity index is 1440. The molecule has 1 unspecified atom stereocenters. The van der Waals surface area contributed by atoms with Crippen molar-refractivity contribution in [3.63, 3.8) is 0 Å². The van der Waals surface area contributed by atoms with E-state index in [0.717, 1.165) is 22.0 Å². The highest BCUT2D eigenvalue weighted by molar-refractivity contribution is 7.13. The summed E-state index contributed by atoms with van der Waals surface area (Å²) in [5.74, 6) is 0.919. The van der Waals surface area contributed by atoms with Gasteiger partial charge in [0.1, 0.15) is 22.3 Å². The zero-order valence-electron chi connectivity index (χ0n) is 19.9. The van der Waals surface area contributed by atoms with E-state index in [1.165, 1.54) is 23.3 Å². The molecule has 2 aromatic heterocycles. The van der Waals surface area contributed by atoms with E-state index in [-0.39, 0.29) is 18.2 Å². The van der Waals surface area contributed by atoms with Gasteiger partial charge in [0, 0.05) is 23.2 Å². The van der Waals surface area contributed by atoms with Crippen molar-refractivity contribution in [2.45, 2.75) is 13.0 Å². The molecule has 0 radical (unpaired) electrons. The molecule has 1 amide bonds. The summed E-state index contributed by atoms with van der Waals surface area (Å²) in [6.45, 7) is 1.51. The van der Waals surface area contributed by atoms with Crippen LogP contribution in [0.2, 0.25) is 0 Å². The molecule has 0 saturated heterocycles. The standard InChI is InChI=1S/C27H23N3O5S/c1-16-27(32)30(14-23(31)19-9-8-18(33-2)13-25(19)34-3)22-12-17(7-10-24(22)35-16)21-15-36-26(29-21)20-6-4-5-11-28-20/h4-13,15-16H,14H2,1-3H3. The highest BCUT2D eigenvalue weighted by Gasteiger charge is 2.34. The fourth-order valence-electron chi connectivity index (χ4n) is 4.00. The SMILES string of the molecule is COc1ccc(C(=O)CN2C(=O)C(C)Oc3ccc(-c4csc(-c5ccccn5)n4)cc32)c(OC)c1. The number of benzene rings is 2. The van der Waals surface area contributed by atoms with Crippen LogP contribution in [0.5, 0.6) is 17.2 Å². The van der Waals surface area contributed by atoms with Gasteiger partial charge < -0.3 is 14.2 Å². The van der Waals surface area contributed by atoms with Gasteiger partial charge in [-0.15, -0.1) is 11.3 Å². The number of amides is 1. The average molecular weight is 502 g/mol. The number of Topliss-reactive ketones (excluding diaryl/α,β-unsaturated/α-hetero) is 1. The molecule has 2 aromatic carbocycles. The number of ketones is 1. The van der Waals surface area contributed by atoms with Crippen LogP contribution < -0.4 is 19.1 Å². The van der Waals surface area contributed by atoms with E-state index < -0.39 is 6.10 Å². The first-order valence-corrected chi connectivity index (χ1v) is 12.1. The lowest BCUT2D eigenvalue weighted by atomic mass is 10.1. The second kappa shape index (κ2) is 9.79. The summed E-state index contributed by atoms with van der Waals surface area (Å²) in [6, 6.07) is 16.2. The number of rotatable bonds is 7. The molecule has 0 N–H and O–H groups in total. The molecule has 1 aliphatic rings. The van der Waals surface area contributed by atoms with Gasteiger partial charge in [-0.3, -0.25) is 19.5 Å². The lowest BCUT2D eigenvalue weighted by Crippen LogP contribution is -2.46. The van der Waals surface area contributed by atoms with Crippen LogP contribution in [0.3, 0.4) is 0 Å². The van der Waals surface area contributed by atoms with Gasteiger partial charge in [-0.05, 0) is 49.4 Å². The number of fused-ring (bicyclic) bond motifs is 1. The van der Waals surface area contributed by atoms with Gasteiger partial charge in [-0.25, -0.2) is 4.98 Å². The summed E-state index contributed by atoms with van der Waals surface area (Å²) >= 11 is 1.49. The highest BCUT2D eigenvalue weighted by atomic mass is 32.1. The monoisotopic (exact) mass is 501 g/mol. The number of methoxy groups -OCH3 is 2. The van der Waals surface area contributed by atoms with Gasteiger partial charge in [0.25, 0.3) is 5.91 Å². The molecular formula is C27H23N3O5S. The van der Waals surface area contributed by atoms with Gasteiger partial charge in [0.15, 0.2) is 11.9 Å². The molecule has 5 rings (SSSR count). The fraction of sp³-hybridized carbons (Fsp3) is 0.185. The number of thiazole rings is 1. The number of pyridine rings is 1. The number of carbonyl (C=O) groups is 2. The Morgan fingerprint density at radius 1 is 1.08 bits per heavy atom. The summed E-state index contributed by atoms with van der Waals surface area (Å²) in [4.78, 5) is 37.0. The minimum atomic E-state index is -0.719. The van der Waals surface area contributed by atoms with Gasteiger partial charge in [-0.1, -0.05) is 6.07 Å². The van der Waals surface area contributed by atoms with Crippen molar-refractivity contribution < 1.29 is 23.8 Å². The number of aromatic nitrogens is 2. The number of hydrogen-bond donors (Lipinski definition) is 0. The number of nitrogens with zero attached hydrogens (tertiary/aromatic N) is 3. The van der Waals surface area contributed by atoms with Crippen molar-refractivity contribution in [1.29, 1.82) is 0 Å². The normalized spacial score (nSPS) is 14.7. The van der Waals surface area contributed by atoms with Crippen LogP contribution >= 0.6 is 11.3 Å². The summed E-state index contributed by atoms with van der Waals surface area (Å²) in [5.41, 5.74) is 3.22. The molecule has 1 atom stereocenters. The zero-order valence-corrected chi connectivity index (χ0v) is 20.7. The maximum Gasteiger partial charge on any atom is 0.268 e. The number of ether oxygens (including phenoxy) is 3. The van der Waals surface area contributed by atoms with E-state index >= 15 is 0 Å². The van der Waals surface area contributed by atoms with Crippen LogP contribution in [0, 0.1) is 0 Å². The van der Waals surface area contributed by atoms with Crippen LogP contribution in [0.15, 0.2) is 66.2 Å². The number of carbonyl (C=O) groups excluding carboxylic acids is 2. The van der Waals surface area contributed by atoms with Gasteiger partial charge in [0.2, 0.25) is 0 Å². The summed E-state index contributed by atoms with van der Waals surface area (Å²) in [7, 11) is 3.03.